The van der Waals surface area contributed by atoms with Gasteiger partial charge in [0.15, 0.2) is 5.82 Å². The van der Waals surface area contributed by atoms with Crippen LogP contribution < -0.4 is 10.6 Å². The summed E-state index contributed by atoms with van der Waals surface area (Å²) in [5.74, 6) is 0.414. The van der Waals surface area contributed by atoms with E-state index in [0.29, 0.717) is 6.54 Å². The number of hydrogen-bond acceptors (Lipinski definition) is 5. The van der Waals surface area contributed by atoms with Crippen molar-refractivity contribution in [1.82, 2.24) is 5.32 Å². The van der Waals surface area contributed by atoms with Crippen molar-refractivity contribution >= 4 is 33.2 Å². The molecule has 0 aliphatic rings. The molecule has 0 atom stereocenters. The number of carbonyl (C=O) groups is 1. The fourth-order valence-corrected chi connectivity index (χ4v) is 5.13. The lowest BCUT2D eigenvalue weighted by Crippen LogP contribution is -2.31. The smallest absolute Gasteiger partial charge is 0.239 e. The third-order valence-corrected chi connectivity index (χ3v) is 7.52. The van der Waals surface area contributed by atoms with E-state index in [1.54, 1.807) is 23.9 Å². The maximum absolute atomic E-state index is 14.9. The molecule has 3 aromatic rings. The van der Waals surface area contributed by atoms with Crippen LogP contribution in [0.5, 0.6) is 0 Å². The van der Waals surface area contributed by atoms with Crippen molar-refractivity contribution in [3.05, 3.63) is 89.7 Å². The van der Waals surface area contributed by atoms with E-state index < -0.39 is 20.5 Å². The number of hydrogen-bond donors (Lipinski definition) is 2. The summed E-state index contributed by atoms with van der Waals surface area (Å²) in [5.41, 5.74) is 2.09. The van der Waals surface area contributed by atoms with E-state index in [9.17, 15) is 17.6 Å². The first-order valence-electron chi connectivity index (χ1n) is 10.1. The Bertz CT molecular complexity index is 1150. The summed E-state index contributed by atoms with van der Waals surface area (Å²) in [6, 6.07) is 20.4. The number of anilines is 1. The van der Waals surface area contributed by atoms with Crippen LogP contribution in [0.15, 0.2) is 82.6 Å². The standard InChI is InChI=1S/C24H25FN2O3S2/c1-18-10-12-20(13-11-18)32(29,30)22-9-5-8-21(24(22)25)27-16-23(28)26-14-15-31-17-19-6-3-2-4-7-19/h2-13,27H,14-17H2,1H3,(H,26,28). The maximum Gasteiger partial charge on any atom is 0.239 e. The Morgan fingerprint density at radius 3 is 2.41 bits per heavy atom. The molecule has 0 bridgehead atoms. The second-order valence-corrected chi connectivity index (χ2v) is 10.2. The van der Waals surface area contributed by atoms with Crippen LogP contribution in [0, 0.1) is 12.7 Å². The van der Waals surface area contributed by atoms with Crippen LogP contribution in [0.25, 0.3) is 0 Å². The molecule has 0 saturated carbocycles. The summed E-state index contributed by atoms with van der Waals surface area (Å²) in [4.78, 5) is 11.7. The molecule has 168 valence electrons. The van der Waals surface area contributed by atoms with Gasteiger partial charge in [-0.3, -0.25) is 4.79 Å². The van der Waals surface area contributed by atoms with Gasteiger partial charge in [0.05, 0.1) is 17.1 Å². The largest absolute Gasteiger partial charge is 0.374 e. The van der Waals surface area contributed by atoms with Gasteiger partial charge in [-0.05, 0) is 36.8 Å². The van der Waals surface area contributed by atoms with Gasteiger partial charge in [-0.25, -0.2) is 12.8 Å². The Morgan fingerprint density at radius 2 is 1.69 bits per heavy atom. The molecule has 2 N–H and O–H groups in total. The average molecular weight is 473 g/mol. The summed E-state index contributed by atoms with van der Waals surface area (Å²) in [6.45, 7) is 2.17. The van der Waals surface area contributed by atoms with Gasteiger partial charge in [-0.1, -0.05) is 54.1 Å². The zero-order chi connectivity index (χ0) is 23.0. The topological polar surface area (TPSA) is 75.3 Å². The van der Waals surface area contributed by atoms with Gasteiger partial charge < -0.3 is 10.6 Å². The van der Waals surface area contributed by atoms with Crippen molar-refractivity contribution in [2.75, 3.05) is 24.2 Å². The average Bonchev–Trinajstić information content (AvgIpc) is 2.79. The Morgan fingerprint density at radius 1 is 0.969 bits per heavy atom. The Kier molecular flexibility index (Phi) is 8.30. The minimum Gasteiger partial charge on any atom is -0.374 e. The number of sulfone groups is 1. The van der Waals surface area contributed by atoms with E-state index >= 15 is 0 Å². The molecule has 0 unspecified atom stereocenters. The van der Waals surface area contributed by atoms with Gasteiger partial charge in [0.1, 0.15) is 4.90 Å². The van der Waals surface area contributed by atoms with E-state index in [0.717, 1.165) is 17.1 Å². The number of thioether (sulfide) groups is 1. The molecule has 3 aromatic carbocycles. The molecule has 32 heavy (non-hydrogen) atoms. The second-order valence-electron chi connectivity index (χ2n) is 7.18. The van der Waals surface area contributed by atoms with Gasteiger partial charge >= 0.3 is 0 Å². The minimum atomic E-state index is -4.01. The summed E-state index contributed by atoms with van der Waals surface area (Å²) >= 11 is 1.71. The summed E-state index contributed by atoms with van der Waals surface area (Å²) in [5, 5.41) is 5.47. The molecule has 0 fully saturated rings. The number of aryl methyl sites for hydroxylation is 1. The molecule has 0 saturated heterocycles. The lowest BCUT2D eigenvalue weighted by Gasteiger charge is -2.12. The fourth-order valence-electron chi connectivity index (χ4n) is 2.96. The molecule has 0 aliphatic carbocycles. The maximum atomic E-state index is 14.9. The second kappa shape index (κ2) is 11.2. The molecule has 0 aromatic heterocycles. The van der Waals surface area contributed by atoms with E-state index in [2.05, 4.69) is 22.8 Å². The lowest BCUT2D eigenvalue weighted by molar-refractivity contribution is -0.119. The first kappa shape index (κ1) is 23.8. The van der Waals surface area contributed by atoms with Gasteiger partial charge in [0.2, 0.25) is 15.7 Å². The first-order chi connectivity index (χ1) is 15.4. The highest BCUT2D eigenvalue weighted by Gasteiger charge is 2.23. The highest BCUT2D eigenvalue weighted by molar-refractivity contribution is 7.98. The third kappa shape index (κ3) is 6.34. The van der Waals surface area contributed by atoms with Crippen LogP contribution in [-0.4, -0.2) is 33.2 Å². The highest BCUT2D eigenvalue weighted by atomic mass is 32.2. The van der Waals surface area contributed by atoms with Crippen molar-refractivity contribution < 1.29 is 17.6 Å². The molecule has 1 amide bonds. The molecule has 0 radical (unpaired) electrons. The number of benzene rings is 3. The number of halogens is 1. The normalized spacial score (nSPS) is 11.2. The molecule has 8 heteroatoms. The summed E-state index contributed by atoms with van der Waals surface area (Å²) < 4.78 is 40.5. The molecule has 0 aliphatic heterocycles. The zero-order valence-electron chi connectivity index (χ0n) is 17.7. The van der Waals surface area contributed by atoms with Crippen LogP contribution >= 0.6 is 11.8 Å². The molecule has 0 heterocycles. The van der Waals surface area contributed by atoms with Crippen LogP contribution in [-0.2, 0) is 20.4 Å². The number of amides is 1. The Hall–Kier alpha value is -2.84. The van der Waals surface area contributed by atoms with E-state index in [1.807, 2.05) is 25.1 Å². The van der Waals surface area contributed by atoms with Crippen molar-refractivity contribution in [3.8, 4) is 0 Å². The van der Waals surface area contributed by atoms with E-state index in [4.69, 9.17) is 0 Å². The highest BCUT2D eigenvalue weighted by Crippen LogP contribution is 2.27. The van der Waals surface area contributed by atoms with Gasteiger partial charge in [0.25, 0.3) is 0 Å². The molecule has 5 nitrogen and oxygen atoms in total. The van der Waals surface area contributed by atoms with Crippen LogP contribution in [0.3, 0.4) is 0 Å². The SMILES string of the molecule is Cc1ccc(S(=O)(=O)c2cccc(NCC(=O)NCCSCc3ccccc3)c2F)cc1. The Balaban J connectivity index is 1.52. The first-order valence-corrected chi connectivity index (χ1v) is 12.7. The number of rotatable bonds is 10. The molecule has 0 spiro atoms. The van der Waals surface area contributed by atoms with Crippen molar-refractivity contribution in [3.63, 3.8) is 0 Å². The van der Waals surface area contributed by atoms with E-state index in [1.165, 1.54) is 35.9 Å². The third-order valence-electron chi connectivity index (χ3n) is 4.70. The van der Waals surface area contributed by atoms with Gasteiger partial charge in [-0.2, -0.15) is 11.8 Å². The van der Waals surface area contributed by atoms with Crippen LogP contribution in [0.4, 0.5) is 10.1 Å². The molecule has 3 rings (SSSR count). The number of nitrogens with one attached hydrogen (secondary N) is 2. The monoisotopic (exact) mass is 472 g/mol. The van der Waals surface area contributed by atoms with Gasteiger partial charge in [-0.15, -0.1) is 0 Å². The summed E-state index contributed by atoms with van der Waals surface area (Å²) in [6.07, 6.45) is 0. The predicted molar refractivity (Wildman–Crippen MR) is 127 cm³/mol. The molecular weight excluding hydrogens is 447 g/mol. The number of carbonyl (C=O) groups excluding carboxylic acids is 1. The molecular formula is C24H25FN2O3S2. The van der Waals surface area contributed by atoms with Crippen LogP contribution in [0.2, 0.25) is 0 Å². The summed E-state index contributed by atoms with van der Waals surface area (Å²) in [7, 11) is -4.01. The van der Waals surface area contributed by atoms with Crippen molar-refractivity contribution in [2.24, 2.45) is 0 Å². The van der Waals surface area contributed by atoms with Crippen LogP contribution in [0.1, 0.15) is 11.1 Å². The van der Waals surface area contributed by atoms with Gasteiger partial charge in [0, 0.05) is 18.1 Å². The predicted octanol–water partition coefficient (Wildman–Crippen LogP) is 4.43. The minimum absolute atomic E-state index is 0.0184. The zero-order valence-corrected chi connectivity index (χ0v) is 19.3. The lowest BCUT2D eigenvalue weighted by atomic mass is 10.2. The van der Waals surface area contributed by atoms with E-state index in [-0.39, 0.29) is 23.0 Å². The van der Waals surface area contributed by atoms with Crippen molar-refractivity contribution in [1.29, 1.82) is 0 Å². The van der Waals surface area contributed by atoms with Crippen molar-refractivity contribution in [2.45, 2.75) is 22.5 Å². The fraction of sp³-hybridized carbons (Fsp3) is 0.208. The Labute approximate surface area is 192 Å². The quantitative estimate of drug-likeness (QED) is 0.427.